The summed E-state index contributed by atoms with van der Waals surface area (Å²) in [6.45, 7) is 1.13. The normalized spacial score (nSPS) is 13.6. The molecule has 1 aliphatic rings. The van der Waals surface area contributed by atoms with Crippen LogP contribution in [0.5, 0.6) is 0 Å². The van der Waals surface area contributed by atoms with Gasteiger partial charge in [0.15, 0.2) is 0 Å². The fraction of sp³-hybridized carbons (Fsp3) is 0.190. The third-order valence-electron chi connectivity index (χ3n) is 4.97. The lowest BCUT2D eigenvalue weighted by Gasteiger charge is -2.15. The highest BCUT2D eigenvalue weighted by atomic mass is 35.5. The van der Waals surface area contributed by atoms with Gasteiger partial charge in [-0.1, -0.05) is 17.7 Å². The van der Waals surface area contributed by atoms with Crippen LogP contribution < -0.4 is 10.9 Å². The van der Waals surface area contributed by atoms with Gasteiger partial charge in [-0.3, -0.25) is 15.0 Å². The van der Waals surface area contributed by atoms with Crippen LogP contribution in [0.3, 0.4) is 0 Å². The first-order chi connectivity index (χ1) is 14.8. The second-order valence-corrected chi connectivity index (χ2v) is 8.44. The van der Waals surface area contributed by atoms with E-state index in [1.807, 2.05) is 0 Å². The van der Waals surface area contributed by atoms with E-state index < -0.39 is 22.9 Å². The predicted molar refractivity (Wildman–Crippen MR) is 117 cm³/mol. The van der Waals surface area contributed by atoms with Gasteiger partial charge in [-0.25, -0.2) is 8.78 Å². The summed E-state index contributed by atoms with van der Waals surface area (Å²) in [7, 11) is 0. The minimum atomic E-state index is -0.859. The highest BCUT2D eigenvalue weighted by Gasteiger charge is 2.23. The third-order valence-corrected chi connectivity index (χ3v) is 6.19. The average Bonchev–Trinajstić information content (AvgIpc) is 3.36. The van der Waals surface area contributed by atoms with Crippen LogP contribution >= 0.6 is 22.9 Å². The van der Waals surface area contributed by atoms with E-state index in [0.717, 1.165) is 23.4 Å². The Morgan fingerprint density at radius 2 is 2.00 bits per heavy atom. The lowest BCUT2D eigenvalue weighted by atomic mass is 10.0. The van der Waals surface area contributed by atoms with E-state index in [4.69, 9.17) is 17.0 Å². The van der Waals surface area contributed by atoms with E-state index in [-0.39, 0.29) is 27.9 Å². The molecule has 1 fully saturated rings. The molecule has 4 rings (SSSR count). The third kappa shape index (κ3) is 4.24. The largest absolute Gasteiger partial charge is 0.349 e. The summed E-state index contributed by atoms with van der Waals surface area (Å²) >= 11 is 7.57. The van der Waals surface area contributed by atoms with Gasteiger partial charge in [0.1, 0.15) is 17.3 Å². The number of halogens is 3. The van der Waals surface area contributed by atoms with Crippen molar-refractivity contribution in [3.8, 4) is 0 Å². The second kappa shape index (κ2) is 8.60. The standard InChI is InChI=1S/C21H17ClF2N4O2S/c22-13-8-26-21(30)17(19(13)27-20-14(23)3-1-4-15(20)24)18(25)11-7-12(31-10-11)9-28-6-2-5-16(28)29/h1,3-4,7-8,10,25H,2,5-6,9H2,(H2,26,27,30). The van der Waals surface area contributed by atoms with Crippen LogP contribution in [0, 0.1) is 17.0 Å². The second-order valence-electron chi connectivity index (χ2n) is 7.03. The van der Waals surface area contributed by atoms with Crippen molar-refractivity contribution in [2.75, 3.05) is 11.9 Å². The van der Waals surface area contributed by atoms with E-state index in [1.54, 1.807) is 16.3 Å². The Morgan fingerprint density at radius 3 is 2.68 bits per heavy atom. The van der Waals surface area contributed by atoms with Crippen molar-refractivity contribution in [3.05, 3.63) is 78.9 Å². The van der Waals surface area contributed by atoms with Crippen LogP contribution in [0.2, 0.25) is 5.02 Å². The van der Waals surface area contributed by atoms with Gasteiger partial charge >= 0.3 is 0 Å². The summed E-state index contributed by atoms with van der Waals surface area (Å²) in [6, 6.07) is 5.09. The summed E-state index contributed by atoms with van der Waals surface area (Å²) in [5.41, 5.74) is -1.02. The first kappa shape index (κ1) is 21.2. The van der Waals surface area contributed by atoms with Crippen molar-refractivity contribution in [2.45, 2.75) is 19.4 Å². The number of carbonyl (C=O) groups is 1. The first-order valence-corrected chi connectivity index (χ1v) is 10.7. The summed E-state index contributed by atoms with van der Waals surface area (Å²) in [6.07, 6.45) is 2.56. The summed E-state index contributed by atoms with van der Waals surface area (Å²) in [4.78, 5) is 29.5. The molecular formula is C21H17ClF2N4O2S. The topological polar surface area (TPSA) is 89.1 Å². The van der Waals surface area contributed by atoms with Crippen LogP contribution in [0.25, 0.3) is 0 Å². The highest BCUT2D eigenvalue weighted by Crippen LogP contribution is 2.31. The Kier molecular flexibility index (Phi) is 5.88. The number of aromatic amines is 1. The number of anilines is 2. The Labute approximate surface area is 185 Å². The van der Waals surface area contributed by atoms with Gasteiger partial charge in [-0.15, -0.1) is 11.3 Å². The number of nitrogens with zero attached hydrogens (tertiary/aromatic N) is 1. The Balaban J connectivity index is 1.68. The minimum absolute atomic E-state index is 0.000111. The summed E-state index contributed by atoms with van der Waals surface area (Å²) < 4.78 is 28.3. The van der Waals surface area contributed by atoms with E-state index in [2.05, 4.69) is 10.3 Å². The molecule has 0 atom stereocenters. The highest BCUT2D eigenvalue weighted by molar-refractivity contribution is 7.10. The number of pyridine rings is 1. The molecule has 3 N–H and O–H groups in total. The number of benzene rings is 1. The molecule has 1 amide bonds. The molecule has 31 heavy (non-hydrogen) atoms. The number of thiophene rings is 1. The molecule has 3 aromatic rings. The van der Waals surface area contributed by atoms with Crippen LogP contribution in [0.1, 0.15) is 28.8 Å². The van der Waals surface area contributed by atoms with E-state index in [9.17, 15) is 18.4 Å². The molecule has 10 heteroatoms. The molecule has 0 spiro atoms. The Morgan fingerprint density at radius 1 is 1.26 bits per heavy atom. The van der Waals surface area contributed by atoms with Crippen molar-refractivity contribution >= 4 is 45.9 Å². The fourth-order valence-corrected chi connectivity index (χ4v) is 4.49. The maximum atomic E-state index is 14.1. The molecule has 3 heterocycles. The number of amides is 1. The van der Waals surface area contributed by atoms with Crippen LogP contribution in [0.15, 0.2) is 40.6 Å². The van der Waals surface area contributed by atoms with Gasteiger partial charge in [-0.05, 0) is 24.6 Å². The van der Waals surface area contributed by atoms with Crippen LogP contribution in [-0.4, -0.2) is 28.0 Å². The number of hydrogen-bond donors (Lipinski definition) is 3. The molecule has 0 bridgehead atoms. The van der Waals surface area contributed by atoms with Gasteiger partial charge in [0.25, 0.3) is 5.56 Å². The number of para-hydroxylation sites is 1. The smallest absolute Gasteiger partial charge is 0.259 e. The predicted octanol–water partition coefficient (Wildman–Crippen LogP) is 4.65. The van der Waals surface area contributed by atoms with E-state index in [1.165, 1.54) is 23.6 Å². The fourth-order valence-electron chi connectivity index (χ4n) is 3.41. The van der Waals surface area contributed by atoms with Gasteiger partial charge in [0.2, 0.25) is 5.91 Å². The van der Waals surface area contributed by atoms with Crippen molar-refractivity contribution in [3.63, 3.8) is 0 Å². The van der Waals surface area contributed by atoms with Gasteiger partial charge in [-0.2, -0.15) is 0 Å². The molecule has 0 unspecified atom stereocenters. The molecule has 2 aromatic heterocycles. The zero-order valence-electron chi connectivity index (χ0n) is 16.1. The van der Waals surface area contributed by atoms with Crippen LogP contribution in [-0.2, 0) is 11.3 Å². The number of H-pyrrole nitrogens is 1. The first-order valence-electron chi connectivity index (χ1n) is 9.42. The zero-order chi connectivity index (χ0) is 22.1. The molecule has 1 saturated heterocycles. The molecule has 0 radical (unpaired) electrons. The minimum Gasteiger partial charge on any atom is -0.349 e. The van der Waals surface area contributed by atoms with Gasteiger partial charge in [0.05, 0.1) is 28.5 Å². The van der Waals surface area contributed by atoms with E-state index >= 15 is 0 Å². The van der Waals surface area contributed by atoms with Crippen molar-refractivity contribution < 1.29 is 13.6 Å². The van der Waals surface area contributed by atoms with Crippen molar-refractivity contribution in [2.24, 2.45) is 0 Å². The summed E-state index contributed by atoms with van der Waals surface area (Å²) in [5, 5.41) is 12.8. The number of likely N-dealkylation sites (tertiary alicyclic amines) is 1. The maximum Gasteiger partial charge on any atom is 0.259 e. The average molecular weight is 463 g/mol. The number of nitrogens with one attached hydrogen (secondary N) is 3. The molecule has 0 saturated carbocycles. The molecular weight excluding hydrogens is 446 g/mol. The molecule has 1 aliphatic heterocycles. The number of aromatic nitrogens is 1. The number of rotatable bonds is 6. The van der Waals surface area contributed by atoms with Crippen molar-refractivity contribution in [1.82, 2.24) is 9.88 Å². The summed E-state index contributed by atoms with van der Waals surface area (Å²) in [5.74, 6) is -1.63. The number of hydrogen-bond acceptors (Lipinski definition) is 5. The van der Waals surface area contributed by atoms with Gasteiger partial charge < -0.3 is 15.2 Å². The molecule has 1 aromatic carbocycles. The van der Waals surface area contributed by atoms with Crippen molar-refractivity contribution in [1.29, 1.82) is 5.41 Å². The molecule has 160 valence electrons. The van der Waals surface area contributed by atoms with Gasteiger partial charge in [0, 0.05) is 35.0 Å². The van der Waals surface area contributed by atoms with E-state index in [0.29, 0.717) is 25.1 Å². The lowest BCUT2D eigenvalue weighted by Crippen LogP contribution is -2.23. The molecule has 6 nitrogen and oxygen atoms in total. The number of carbonyl (C=O) groups excluding carboxylic acids is 1. The Hall–Kier alpha value is -3.04. The monoisotopic (exact) mass is 462 g/mol. The maximum absolute atomic E-state index is 14.1. The lowest BCUT2D eigenvalue weighted by molar-refractivity contribution is -0.128. The van der Waals surface area contributed by atoms with Crippen LogP contribution in [0.4, 0.5) is 20.2 Å². The zero-order valence-corrected chi connectivity index (χ0v) is 17.7. The SMILES string of the molecule is N=C(c1csc(CN2CCCC2=O)c1)c1c(Nc2c(F)cccc2F)c(Cl)c[nH]c1=O. The quantitative estimate of drug-likeness (QED) is 0.466. The Bertz CT molecular complexity index is 1220. The molecule has 0 aliphatic carbocycles.